The summed E-state index contributed by atoms with van der Waals surface area (Å²) >= 11 is 12.1. The number of rotatable bonds is 4. The van der Waals surface area contributed by atoms with Crippen LogP contribution in [0.2, 0.25) is 10.0 Å². The first-order chi connectivity index (χ1) is 14.5. The van der Waals surface area contributed by atoms with E-state index in [2.05, 4.69) is 15.2 Å². The maximum absolute atomic E-state index is 15.2. The summed E-state index contributed by atoms with van der Waals surface area (Å²) in [6, 6.07) is 13.1. The van der Waals surface area contributed by atoms with Gasteiger partial charge in [-0.1, -0.05) is 29.3 Å². The minimum absolute atomic E-state index is 0.0696. The number of nitriles is 2. The van der Waals surface area contributed by atoms with Crippen molar-refractivity contribution in [2.24, 2.45) is 0 Å². The second-order valence-corrected chi connectivity index (χ2v) is 7.13. The normalized spacial score (nSPS) is 10.6. The van der Waals surface area contributed by atoms with Crippen molar-refractivity contribution in [2.45, 2.75) is 6.42 Å². The first-order valence-electron chi connectivity index (χ1n) is 8.57. The van der Waals surface area contributed by atoms with E-state index in [4.69, 9.17) is 38.5 Å². The van der Waals surface area contributed by atoms with Gasteiger partial charge >= 0.3 is 0 Å². The van der Waals surface area contributed by atoms with Gasteiger partial charge in [0.15, 0.2) is 17.3 Å². The van der Waals surface area contributed by atoms with Gasteiger partial charge in [-0.3, -0.25) is 5.10 Å². The zero-order valence-electron chi connectivity index (χ0n) is 15.1. The molecule has 0 bridgehead atoms. The Morgan fingerprint density at radius 2 is 1.93 bits per heavy atom. The van der Waals surface area contributed by atoms with Crippen LogP contribution in [0.5, 0.6) is 11.5 Å². The third-order valence-corrected chi connectivity index (χ3v) is 4.89. The highest BCUT2D eigenvalue weighted by atomic mass is 35.5. The fourth-order valence-electron chi connectivity index (χ4n) is 3.01. The molecule has 0 unspecified atom stereocenters. The maximum Gasteiger partial charge on any atom is 0.181 e. The molecule has 146 valence electrons. The molecule has 4 rings (SSSR count). The minimum atomic E-state index is -0.654. The van der Waals surface area contributed by atoms with Gasteiger partial charge in [-0.15, -0.1) is 0 Å². The van der Waals surface area contributed by atoms with Gasteiger partial charge in [0.1, 0.15) is 17.3 Å². The molecule has 0 aliphatic rings. The van der Waals surface area contributed by atoms with Crippen LogP contribution in [-0.2, 0) is 6.42 Å². The number of halogens is 3. The smallest absolute Gasteiger partial charge is 0.181 e. The van der Waals surface area contributed by atoms with E-state index >= 15 is 4.39 Å². The lowest BCUT2D eigenvalue weighted by Crippen LogP contribution is -1.98. The molecule has 0 atom stereocenters. The molecule has 2 aromatic heterocycles. The van der Waals surface area contributed by atoms with Gasteiger partial charge in [-0.2, -0.15) is 15.6 Å². The van der Waals surface area contributed by atoms with Gasteiger partial charge in [0.2, 0.25) is 0 Å². The number of benzene rings is 2. The molecule has 2 aromatic carbocycles. The van der Waals surface area contributed by atoms with E-state index in [9.17, 15) is 0 Å². The van der Waals surface area contributed by atoms with Crippen molar-refractivity contribution in [3.63, 3.8) is 0 Å². The van der Waals surface area contributed by atoms with Crippen LogP contribution in [0.15, 0.2) is 42.6 Å². The fraction of sp³-hybridized carbons (Fsp3) is 0.0476. The largest absolute Gasteiger partial charge is 0.453 e. The summed E-state index contributed by atoms with van der Waals surface area (Å²) in [5.41, 5.74) is 1.80. The predicted octanol–water partition coefficient (Wildman–Crippen LogP) is 5.53. The van der Waals surface area contributed by atoms with Crippen LogP contribution in [0.25, 0.3) is 10.9 Å². The van der Waals surface area contributed by atoms with Crippen molar-refractivity contribution < 1.29 is 9.13 Å². The summed E-state index contributed by atoms with van der Waals surface area (Å²) < 4.78 is 20.9. The summed E-state index contributed by atoms with van der Waals surface area (Å²) in [6.07, 6.45) is 1.66. The average molecular weight is 438 g/mol. The number of H-pyrrole nitrogens is 1. The summed E-state index contributed by atoms with van der Waals surface area (Å²) in [4.78, 5) is 3.97. The quantitative estimate of drug-likeness (QED) is 0.452. The predicted molar refractivity (Wildman–Crippen MR) is 109 cm³/mol. The van der Waals surface area contributed by atoms with Crippen LogP contribution < -0.4 is 4.74 Å². The van der Waals surface area contributed by atoms with E-state index in [1.54, 1.807) is 12.1 Å². The molecule has 0 aliphatic heterocycles. The van der Waals surface area contributed by atoms with Gasteiger partial charge in [0.25, 0.3) is 0 Å². The van der Waals surface area contributed by atoms with E-state index < -0.39 is 5.82 Å². The number of fused-ring (bicyclic) bond motifs is 1. The SMILES string of the molecule is N#Cc1cc(Cl)cc(Oc2c(Cl)ccc(Cc3[nH]nc4c(C#N)nccc34)c2F)c1. The third kappa shape index (κ3) is 3.65. The van der Waals surface area contributed by atoms with Crippen LogP contribution >= 0.6 is 23.2 Å². The highest BCUT2D eigenvalue weighted by Crippen LogP contribution is 2.36. The lowest BCUT2D eigenvalue weighted by molar-refractivity contribution is 0.439. The Bertz CT molecular complexity index is 1370. The molecule has 0 saturated carbocycles. The molecule has 1 N–H and O–H groups in total. The van der Waals surface area contributed by atoms with Crippen molar-refractivity contribution >= 4 is 34.1 Å². The molecule has 0 radical (unpaired) electrons. The number of pyridine rings is 1. The van der Waals surface area contributed by atoms with Crippen molar-refractivity contribution in [1.29, 1.82) is 10.5 Å². The fourth-order valence-corrected chi connectivity index (χ4v) is 3.42. The number of hydrogen-bond donors (Lipinski definition) is 1. The molecule has 0 saturated heterocycles. The van der Waals surface area contributed by atoms with Crippen LogP contribution in [0.4, 0.5) is 4.39 Å². The van der Waals surface area contributed by atoms with Crippen LogP contribution in [0.1, 0.15) is 22.5 Å². The molecule has 9 heteroatoms. The van der Waals surface area contributed by atoms with Gasteiger partial charge in [0.05, 0.1) is 16.7 Å². The molecular weight excluding hydrogens is 428 g/mol. The lowest BCUT2D eigenvalue weighted by atomic mass is 10.1. The highest BCUT2D eigenvalue weighted by molar-refractivity contribution is 6.32. The van der Waals surface area contributed by atoms with Gasteiger partial charge in [-0.05, 0) is 35.9 Å². The van der Waals surface area contributed by atoms with Crippen molar-refractivity contribution in [2.75, 3.05) is 0 Å². The minimum Gasteiger partial charge on any atom is -0.453 e. The number of hydrogen-bond acceptors (Lipinski definition) is 5. The Kier molecular flexibility index (Phi) is 5.24. The molecule has 2 heterocycles. The summed E-state index contributed by atoms with van der Waals surface area (Å²) in [7, 11) is 0. The number of aromatic nitrogens is 3. The maximum atomic E-state index is 15.2. The van der Waals surface area contributed by atoms with E-state index in [1.807, 2.05) is 12.1 Å². The highest BCUT2D eigenvalue weighted by Gasteiger charge is 2.18. The summed E-state index contributed by atoms with van der Waals surface area (Å²) in [5, 5.41) is 26.2. The number of ether oxygens (including phenoxy) is 1. The standard InChI is InChI=1S/C21H10Cl2FN5O/c22-13-5-11(9-25)6-14(8-13)30-21-16(23)2-1-12(19(21)24)7-17-15-3-4-27-18(10-26)20(15)29-28-17/h1-6,8H,7H2,(H,28,29). The zero-order chi connectivity index (χ0) is 21.3. The first-order valence-corrected chi connectivity index (χ1v) is 9.33. The lowest BCUT2D eigenvalue weighted by Gasteiger charge is -2.12. The van der Waals surface area contributed by atoms with Crippen molar-refractivity contribution in [3.05, 3.63) is 81.0 Å². The van der Waals surface area contributed by atoms with Crippen molar-refractivity contribution in [1.82, 2.24) is 15.2 Å². The van der Waals surface area contributed by atoms with Crippen LogP contribution in [0.3, 0.4) is 0 Å². The van der Waals surface area contributed by atoms with E-state index in [0.717, 1.165) is 0 Å². The number of nitrogens with zero attached hydrogens (tertiary/aromatic N) is 4. The summed E-state index contributed by atoms with van der Waals surface area (Å²) in [6.45, 7) is 0. The molecule has 30 heavy (non-hydrogen) atoms. The van der Waals surface area contributed by atoms with Gasteiger partial charge < -0.3 is 4.74 Å². The molecule has 6 nitrogen and oxygen atoms in total. The van der Waals surface area contributed by atoms with Gasteiger partial charge in [-0.25, -0.2) is 9.37 Å². The molecular formula is C21H10Cl2FN5O. The first kappa shape index (κ1) is 19.7. The van der Waals surface area contributed by atoms with E-state index in [-0.39, 0.29) is 39.2 Å². The third-order valence-electron chi connectivity index (χ3n) is 4.37. The van der Waals surface area contributed by atoms with Crippen molar-refractivity contribution in [3.8, 4) is 23.6 Å². The number of aromatic amines is 1. The summed E-state index contributed by atoms with van der Waals surface area (Å²) in [5.74, 6) is -0.643. The molecule has 0 aliphatic carbocycles. The average Bonchev–Trinajstić information content (AvgIpc) is 3.15. The van der Waals surface area contributed by atoms with Gasteiger partial charge in [0, 0.05) is 28.7 Å². The Morgan fingerprint density at radius 1 is 1.10 bits per heavy atom. The van der Waals surface area contributed by atoms with Crippen LogP contribution in [0, 0.1) is 28.5 Å². The second kappa shape index (κ2) is 8.00. The molecule has 0 spiro atoms. The Labute approximate surface area is 180 Å². The molecule has 0 amide bonds. The monoisotopic (exact) mass is 437 g/mol. The number of nitrogens with one attached hydrogen (secondary N) is 1. The van der Waals surface area contributed by atoms with Crippen LogP contribution in [-0.4, -0.2) is 15.2 Å². The Morgan fingerprint density at radius 3 is 2.70 bits per heavy atom. The zero-order valence-corrected chi connectivity index (χ0v) is 16.6. The molecule has 0 fully saturated rings. The molecule has 4 aromatic rings. The van der Waals surface area contributed by atoms with E-state index in [0.29, 0.717) is 22.2 Å². The second-order valence-electron chi connectivity index (χ2n) is 6.29. The Hall–Kier alpha value is -3.65. The van der Waals surface area contributed by atoms with E-state index in [1.165, 1.54) is 30.5 Å². The topological polar surface area (TPSA) is 98.4 Å². The Balaban J connectivity index is 1.71.